The van der Waals surface area contributed by atoms with Gasteiger partial charge in [-0.2, -0.15) is 0 Å². The highest BCUT2D eigenvalue weighted by Gasteiger charge is 2.18. The molecule has 1 aromatic heterocycles. The number of phenols is 1. The molecule has 0 aliphatic rings. The van der Waals surface area contributed by atoms with E-state index in [4.69, 9.17) is 0 Å². The Labute approximate surface area is 113 Å². The van der Waals surface area contributed by atoms with Gasteiger partial charge >= 0.3 is 0 Å². The Bertz CT molecular complexity index is 583. The molecule has 0 unspecified atom stereocenters. The second-order valence-electron chi connectivity index (χ2n) is 5.46. The fourth-order valence-corrected chi connectivity index (χ4v) is 1.84. The van der Waals surface area contributed by atoms with Gasteiger partial charge in [0.2, 0.25) is 0 Å². The molecule has 2 aromatic rings. The predicted molar refractivity (Wildman–Crippen MR) is 78.3 cm³/mol. The number of pyridine rings is 1. The van der Waals surface area contributed by atoms with Gasteiger partial charge in [-0.25, -0.2) is 0 Å². The Morgan fingerprint density at radius 3 is 2.42 bits per heavy atom. The zero-order valence-electron chi connectivity index (χ0n) is 11.5. The van der Waals surface area contributed by atoms with Gasteiger partial charge in [0.1, 0.15) is 5.75 Å². The summed E-state index contributed by atoms with van der Waals surface area (Å²) in [5.41, 5.74) is 2.37. The number of rotatable bonds is 2. The van der Waals surface area contributed by atoms with Crippen LogP contribution in [0.5, 0.6) is 5.75 Å². The van der Waals surface area contributed by atoms with Crippen molar-refractivity contribution >= 4 is 11.9 Å². The second kappa shape index (κ2) is 5.22. The molecule has 0 spiro atoms. The summed E-state index contributed by atoms with van der Waals surface area (Å²) in [5, 5.41) is 10.3. The maximum absolute atomic E-state index is 10.3. The molecule has 3 heteroatoms. The number of aromatic hydroxyl groups is 1. The minimum Gasteiger partial charge on any atom is -0.507 e. The minimum absolute atomic E-state index is 0.0927. The molecule has 0 amide bonds. The van der Waals surface area contributed by atoms with E-state index in [1.165, 1.54) is 0 Å². The summed E-state index contributed by atoms with van der Waals surface area (Å²) < 4.78 is 0. The molecule has 0 saturated heterocycles. The second-order valence-corrected chi connectivity index (χ2v) is 5.46. The summed E-state index contributed by atoms with van der Waals surface area (Å²) in [6.07, 6.45) is 5.07. The molecule has 0 bridgehead atoms. The first-order chi connectivity index (χ1) is 8.98. The van der Waals surface area contributed by atoms with Crippen molar-refractivity contribution in [2.24, 2.45) is 4.99 Å². The normalized spacial score (nSPS) is 11.9. The van der Waals surface area contributed by atoms with Gasteiger partial charge in [0.15, 0.2) is 0 Å². The molecule has 98 valence electrons. The van der Waals surface area contributed by atoms with E-state index in [9.17, 15) is 5.11 Å². The number of para-hydroxylation sites is 1. The summed E-state index contributed by atoms with van der Waals surface area (Å²) >= 11 is 0. The fourth-order valence-electron chi connectivity index (χ4n) is 1.84. The van der Waals surface area contributed by atoms with Crippen LogP contribution in [0, 0.1) is 0 Å². The molecule has 0 aliphatic heterocycles. The third kappa shape index (κ3) is 3.19. The summed E-state index contributed by atoms with van der Waals surface area (Å²) in [6.45, 7) is 6.23. The van der Waals surface area contributed by atoms with E-state index >= 15 is 0 Å². The van der Waals surface area contributed by atoms with Crippen LogP contribution < -0.4 is 0 Å². The van der Waals surface area contributed by atoms with E-state index < -0.39 is 0 Å². The van der Waals surface area contributed by atoms with Crippen molar-refractivity contribution < 1.29 is 5.11 Å². The third-order valence-electron chi connectivity index (χ3n) is 2.89. The van der Waals surface area contributed by atoms with Crippen LogP contribution in [-0.4, -0.2) is 16.3 Å². The minimum atomic E-state index is -0.0927. The lowest BCUT2D eigenvalue weighted by Gasteiger charge is -2.21. The van der Waals surface area contributed by atoms with Crippen LogP contribution >= 0.6 is 0 Å². The SMILES string of the molecule is CC(C)(C)c1cccc(C=Nc2ccncc2)c1O. The Morgan fingerprint density at radius 1 is 1.11 bits per heavy atom. The quantitative estimate of drug-likeness (QED) is 0.828. The average molecular weight is 254 g/mol. The van der Waals surface area contributed by atoms with Gasteiger partial charge < -0.3 is 5.11 Å². The standard InChI is InChI=1S/C16H18N2O/c1-16(2,3)14-6-4-5-12(15(14)19)11-18-13-7-9-17-10-8-13/h4-11,19H,1-3H3. The van der Waals surface area contributed by atoms with Crippen molar-refractivity contribution in [2.45, 2.75) is 26.2 Å². The first-order valence-corrected chi connectivity index (χ1v) is 6.25. The van der Waals surface area contributed by atoms with Crippen LogP contribution in [0.1, 0.15) is 31.9 Å². The lowest BCUT2D eigenvalue weighted by molar-refractivity contribution is 0.446. The average Bonchev–Trinajstić information content (AvgIpc) is 2.37. The van der Waals surface area contributed by atoms with Gasteiger partial charge in [-0.3, -0.25) is 9.98 Å². The molecule has 1 aromatic carbocycles. The highest BCUT2D eigenvalue weighted by molar-refractivity contribution is 5.86. The Balaban J connectivity index is 2.34. The molecule has 0 atom stereocenters. The monoisotopic (exact) mass is 254 g/mol. The number of hydrogen-bond acceptors (Lipinski definition) is 3. The molecular formula is C16H18N2O. The van der Waals surface area contributed by atoms with E-state index in [0.717, 1.165) is 16.8 Å². The number of benzene rings is 1. The molecule has 0 aliphatic carbocycles. The molecule has 0 fully saturated rings. The largest absolute Gasteiger partial charge is 0.507 e. The number of aromatic nitrogens is 1. The first-order valence-electron chi connectivity index (χ1n) is 6.25. The molecule has 0 saturated carbocycles. The highest BCUT2D eigenvalue weighted by Crippen LogP contribution is 2.32. The van der Waals surface area contributed by atoms with E-state index in [-0.39, 0.29) is 5.41 Å². The molecule has 3 nitrogen and oxygen atoms in total. The van der Waals surface area contributed by atoms with E-state index in [2.05, 4.69) is 30.7 Å². The van der Waals surface area contributed by atoms with Crippen LogP contribution in [-0.2, 0) is 5.41 Å². The Kier molecular flexibility index (Phi) is 3.65. The summed E-state index contributed by atoms with van der Waals surface area (Å²) in [4.78, 5) is 8.28. The number of aliphatic imine (C=N–C) groups is 1. The van der Waals surface area contributed by atoms with Gasteiger partial charge in [0.05, 0.1) is 5.69 Å². The third-order valence-corrected chi connectivity index (χ3v) is 2.89. The van der Waals surface area contributed by atoms with Gasteiger partial charge in [0.25, 0.3) is 0 Å². The fraction of sp³-hybridized carbons (Fsp3) is 0.250. The smallest absolute Gasteiger partial charge is 0.128 e. The zero-order valence-corrected chi connectivity index (χ0v) is 11.5. The maximum atomic E-state index is 10.3. The van der Waals surface area contributed by atoms with Crippen LogP contribution in [0.3, 0.4) is 0 Å². The zero-order chi connectivity index (χ0) is 13.9. The van der Waals surface area contributed by atoms with Crippen molar-refractivity contribution in [3.8, 4) is 5.75 Å². The summed E-state index contributed by atoms with van der Waals surface area (Å²) in [6, 6.07) is 9.38. The summed E-state index contributed by atoms with van der Waals surface area (Å²) in [5.74, 6) is 0.299. The van der Waals surface area contributed by atoms with E-state index in [1.807, 2.05) is 30.3 Å². The first kappa shape index (κ1) is 13.3. The molecule has 0 radical (unpaired) electrons. The lowest BCUT2D eigenvalue weighted by Crippen LogP contribution is -2.11. The van der Waals surface area contributed by atoms with Crippen molar-refractivity contribution in [1.82, 2.24) is 4.98 Å². The highest BCUT2D eigenvalue weighted by atomic mass is 16.3. The number of hydrogen-bond donors (Lipinski definition) is 1. The van der Waals surface area contributed by atoms with Gasteiger partial charge in [-0.05, 0) is 29.2 Å². The van der Waals surface area contributed by atoms with Crippen LogP contribution in [0.2, 0.25) is 0 Å². The van der Waals surface area contributed by atoms with Crippen molar-refractivity contribution in [2.75, 3.05) is 0 Å². The van der Waals surface area contributed by atoms with Gasteiger partial charge in [-0.15, -0.1) is 0 Å². The van der Waals surface area contributed by atoms with Gasteiger partial charge in [0, 0.05) is 24.2 Å². The lowest BCUT2D eigenvalue weighted by atomic mass is 9.85. The van der Waals surface area contributed by atoms with Crippen molar-refractivity contribution in [1.29, 1.82) is 0 Å². The molecule has 19 heavy (non-hydrogen) atoms. The predicted octanol–water partition coefficient (Wildman–Crippen LogP) is 3.84. The van der Waals surface area contributed by atoms with Gasteiger partial charge in [-0.1, -0.05) is 32.9 Å². The molecular weight excluding hydrogens is 236 g/mol. The van der Waals surface area contributed by atoms with Crippen LogP contribution in [0.25, 0.3) is 0 Å². The molecule has 2 rings (SSSR count). The Hall–Kier alpha value is -2.16. The molecule has 1 N–H and O–H groups in total. The van der Waals surface area contributed by atoms with Crippen molar-refractivity contribution in [3.63, 3.8) is 0 Å². The molecule has 1 heterocycles. The number of phenolic OH excluding ortho intramolecular Hbond substituents is 1. The maximum Gasteiger partial charge on any atom is 0.128 e. The topological polar surface area (TPSA) is 45.5 Å². The Morgan fingerprint density at radius 2 is 1.79 bits per heavy atom. The van der Waals surface area contributed by atoms with E-state index in [1.54, 1.807) is 18.6 Å². The van der Waals surface area contributed by atoms with Crippen LogP contribution in [0.15, 0.2) is 47.7 Å². The number of nitrogens with zero attached hydrogens (tertiary/aromatic N) is 2. The van der Waals surface area contributed by atoms with E-state index in [0.29, 0.717) is 5.75 Å². The summed E-state index contributed by atoms with van der Waals surface area (Å²) in [7, 11) is 0. The van der Waals surface area contributed by atoms with Crippen molar-refractivity contribution in [3.05, 3.63) is 53.9 Å². The van der Waals surface area contributed by atoms with Crippen LogP contribution in [0.4, 0.5) is 5.69 Å².